The SMILES string of the molecule is CSN1CCC2(CC1)C(=O)N(Cc1ncc3cc(Cl)ccc3c1-c1ccncc1)c1cnccc12. The first kappa shape index (κ1) is 22.5. The van der Waals surface area contributed by atoms with Crippen LogP contribution in [0.4, 0.5) is 5.69 Å². The molecule has 3 aromatic heterocycles. The van der Waals surface area contributed by atoms with Crippen molar-refractivity contribution in [3.8, 4) is 11.1 Å². The second kappa shape index (κ2) is 8.90. The Bertz CT molecular complexity index is 1420. The molecule has 0 bridgehead atoms. The number of rotatable bonds is 4. The van der Waals surface area contributed by atoms with E-state index in [9.17, 15) is 4.79 Å². The molecule has 2 aliphatic heterocycles. The molecule has 4 aromatic rings. The zero-order valence-electron chi connectivity index (χ0n) is 19.3. The zero-order chi connectivity index (χ0) is 24.0. The molecule has 0 saturated carbocycles. The third kappa shape index (κ3) is 3.69. The van der Waals surface area contributed by atoms with Gasteiger partial charge in [-0.1, -0.05) is 29.6 Å². The molecule has 0 unspecified atom stereocenters. The monoisotopic (exact) mass is 501 g/mol. The predicted octanol–water partition coefficient (Wildman–Crippen LogP) is 5.50. The lowest BCUT2D eigenvalue weighted by atomic mass is 9.74. The van der Waals surface area contributed by atoms with Gasteiger partial charge in [0.05, 0.1) is 29.5 Å². The van der Waals surface area contributed by atoms with Gasteiger partial charge in [-0.15, -0.1) is 0 Å². The summed E-state index contributed by atoms with van der Waals surface area (Å²) >= 11 is 8.02. The summed E-state index contributed by atoms with van der Waals surface area (Å²) in [4.78, 5) is 29.4. The Morgan fingerprint density at radius 3 is 2.57 bits per heavy atom. The fourth-order valence-corrected chi connectivity index (χ4v) is 6.25. The molecule has 0 radical (unpaired) electrons. The Morgan fingerprint density at radius 2 is 1.80 bits per heavy atom. The minimum atomic E-state index is -0.494. The number of hydrogen-bond acceptors (Lipinski definition) is 6. The first-order valence-corrected chi connectivity index (χ1v) is 13.2. The Balaban J connectivity index is 1.46. The summed E-state index contributed by atoms with van der Waals surface area (Å²) in [6.07, 6.45) is 12.7. The number of fused-ring (bicyclic) bond motifs is 3. The minimum absolute atomic E-state index is 0.153. The maximum absolute atomic E-state index is 14.1. The van der Waals surface area contributed by atoms with Crippen molar-refractivity contribution >= 4 is 45.9 Å². The fraction of sp³-hybridized carbons (Fsp3) is 0.259. The molecule has 5 heterocycles. The van der Waals surface area contributed by atoms with Crippen molar-refractivity contribution in [3.05, 3.63) is 83.7 Å². The maximum atomic E-state index is 14.1. The van der Waals surface area contributed by atoms with Crippen LogP contribution in [0.2, 0.25) is 5.02 Å². The first-order valence-electron chi connectivity index (χ1n) is 11.6. The third-order valence-corrected chi connectivity index (χ3v) is 8.42. The summed E-state index contributed by atoms with van der Waals surface area (Å²) in [6, 6.07) is 11.8. The topological polar surface area (TPSA) is 62.2 Å². The van der Waals surface area contributed by atoms with Gasteiger partial charge >= 0.3 is 0 Å². The number of carbonyl (C=O) groups excluding carboxylic acids is 1. The highest BCUT2D eigenvalue weighted by atomic mass is 35.5. The number of hydrogen-bond donors (Lipinski definition) is 0. The van der Waals surface area contributed by atoms with Crippen LogP contribution < -0.4 is 4.90 Å². The van der Waals surface area contributed by atoms with E-state index in [4.69, 9.17) is 16.6 Å². The van der Waals surface area contributed by atoms with E-state index in [-0.39, 0.29) is 5.91 Å². The Morgan fingerprint density at radius 1 is 1.03 bits per heavy atom. The van der Waals surface area contributed by atoms with Crippen LogP contribution in [-0.4, -0.2) is 44.5 Å². The van der Waals surface area contributed by atoms with Crippen molar-refractivity contribution < 1.29 is 4.79 Å². The van der Waals surface area contributed by atoms with Crippen LogP contribution in [0.25, 0.3) is 21.9 Å². The Hall–Kier alpha value is -3.00. The fourth-order valence-electron chi connectivity index (χ4n) is 5.53. The van der Waals surface area contributed by atoms with Gasteiger partial charge < -0.3 is 4.90 Å². The van der Waals surface area contributed by atoms with Crippen LogP contribution >= 0.6 is 23.5 Å². The van der Waals surface area contributed by atoms with Gasteiger partial charge in [0.2, 0.25) is 5.91 Å². The van der Waals surface area contributed by atoms with Crippen LogP contribution in [0.1, 0.15) is 24.1 Å². The highest BCUT2D eigenvalue weighted by Crippen LogP contribution is 2.49. The molecule has 1 aromatic carbocycles. The summed E-state index contributed by atoms with van der Waals surface area (Å²) in [5.74, 6) is 0.153. The number of pyridine rings is 3. The number of benzene rings is 1. The molecule has 6 nitrogen and oxygen atoms in total. The second-order valence-electron chi connectivity index (χ2n) is 9.03. The average molecular weight is 502 g/mol. The lowest BCUT2D eigenvalue weighted by Crippen LogP contribution is -2.47. The van der Waals surface area contributed by atoms with Crippen molar-refractivity contribution in [2.45, 2.75) is 24.8 Å². The van der Waals surface area contributed by atoms with Crippen molar-refractivity contribution in [3.63, 3.8) is 0 Å². The highest BCUT2D eigenvalue weighted by Gasteiger charge is 2.52. The number of aromatic nitrogens is 3. The molecule has 1 spiro atoms. The molecular weight excluding hydrogens is 478 g/mol. The normalized spacial score (nSPS) is 17.3. The molecule has 0 atom stereocenters. The van der Waals surface area contributed by atoms with Crippen molar-refractivity contribution in [2.24, 2.45) is 0 Å². The van der Waals surface area contributed by atoms with Crippen LogP contribution in [-0.2, 0) is 16.8 Å². The summed E-state index contributed by atoms with van der Waals surface area (Å²) in [7, 11) is 0. The molecule has 176 valence electrons. The van der Waals surface area contributed by atoms with Crippen LogP contribution in [0, 0.1) is 0 Å². The van der Waals surface area contributed by atoms with E-state index in [1.165, 1.54) is 0 Å². The van der Waals surface area contributed by atoms with Crippen LogP contribution in [0.5, 0.6) is 0 Å². The van der Waals surface area contributed by atoms with E-state index in [0.717, 1.165) is 64.8 Å². The first-order chi connectivity index (χ1) is 17.1. The Labute approximate surface area is 213 Å². The quantitative estimate of drug-likeness (QED) is 0.344. The largest absolute Gasteiger partial charge is 0.304 e. The summed E-state index contributed by atoms with van der Waals surface area (Å²) in [5.41, 5.74) is 4.35. The summed E-state index contributed by atoms with van der Waals surface area (Å²) < 4.78 is 2.33. The molecular formula is C27H24ClN5OS. The summed E-state index contributed by atoms with van der Waals surface area (Å²) in [5, 5.41) is 2.68. The van der Waals surface area contributed by atoms with Gasteiger partial charge in [0.15, 0.2) is 0 Å². The number of amides is 1. The number of anilines is 1. The van der Waals surface area contributed by atoms with E-state index < -0.39 is 5.41 Å². The molecule has 0 N–H and O–H groups in total. The molecule has 0 aliphatic carbocycles. The second-order valence-corrected chi connectivity index (χ2v) is 10.3. The third-order valence-electron chi connectivity index (χ3n) is 7.30. The molecule has 6 rings (SSSR count). The zero-order valence-corrected chi connectivity index (χ0v) is 20.9. The van der Waals surface area contributed by atoms with Gasteiger partial charge in [0.25, 0.3) is 0 Å². The molecule has 2 aliphatic rings. The van der Waals surface area contributed by atoms with Gasteiger partial charge in [0, 0.05) is 53.8 Å². The standard InChI is InChI=1S/C27H24ClN5OS/c1-35-32-12-7-27(8-13-32)22-6-11-30-16-24(22)33(26(27)34)17-23-25(18-4-9-29-10-5-18)21-3-2-20(28)14-19(21)15-31-23/h2-6,9-11,14-16H,7-8,12-13,17H2,1H3. The van der Waals surface area contributed by atoms with Crippen molar-refractivity contribution in [1.82, 2.24) is 19.3 Å². The number of halogens is 1. The van der Waals surface area contributed by atoms with Crippen molar-refractivity contribution in [1.29, 1.82) is 0 Å². The van der Waals surface area contributed by atoms with Crippen molar-refractivity contribution in [2.75, 3.05) is 24.2 Å². The van der Waals surface area contributed by atoms with E-state index >= 15 is 0 Å². The molecule has 1 fully saturated rings. The van der Waals surface area contributed by atoms with E-state index in [0.29, 0.717) is 11.6 Å². The van der Waals surface area contributed by atoms with Gasteiger partial charge in [-0.3, -0.25) is 24.1 Å². The van der Waals surface area contributed by atoms with Crippen LogP contribution in [0.3, 0.4) is 0 Å². The number of nitrogens with zero attached hydrogens (tertiary/aromatic N) is 5. The lowest BCUT2D eigenvalue weighted by Gasteiger charge is -2.37. The van der Waals surface area contributed by atoms with Gasteiger partial charge in [0.1, 0.15) is 0 Å². The maximum Gasteiger partial charge on any atom is 0.238 e. The number of carbonyl (C=O) groups is 1. The van der Waals surface area contributed by atoms with Crippen LogP contribution in [0.15, 0.2) is 67.4 Å². The molecule has 35 heavy (non-hydrogen) atoms. The highest BCUT2D eigenvalue weighted by molar-refractivity contribution is 7.96. The van der Waals surface area contributed by atoms with Gasteiger partial charge in [-0.2, -0.15) is 0 Å². The molecule has 8 heteroatoms. The van der Waals surface area contributed by atoms with E-state index in [1.54, 1.807) is 30.5 Å². The average Bonchev–Trinajstić information content (AvgIpc) is 3.12. The predicted molar refractivity (Wildman–Crippen MR) is 141 cm³/mol. The molecule has 1 amide bonds. The van der Waals surface area contributed by atoms with Gasteiger partial charge in [-0.05, 0) is 65.9 Å². The number of piperidine rings is 1. The smallest absolute Gasteiger partial charge is 0.238 e. The van der Waals surface area contributed by atoms with Gasteiger partial charge in [-0.25, -0.2) is 0 Å². The lowest BCUT2D eigenvalue weighted by molar-refractivity contribution is -0.124. The van der Waals surface area contributed by atoms with E-state index in [2.05, 4.69) is 20.5 Å². The Kier molecular flexibility index (Phi) is 5.71. The van der Waals surface area contributed by atoms with E-state index in [1.807, 2.05) is 53.7 Å². The molecule has 1 saturated heterocycles. The minimum Gasteiger partial charge on any atom is -0.304 e. The summed E-state index contributed by atoms with van der Waals surface area (Å²) in [6.45, 7) is 2.15.